The summed E-state index contributed by atoms with van der Waals surface area (Å²) < 4.78 is 32.0. The minimum Gasteiger partial charge on any atom is -0.419 e. The predicted molar refractivity (Wildman–Crippen MR) is 140 cm³/mol. The third-order valence-electron chi connectivity index (χ3n) is 7.43. The first-order chi connectivity index (χ1) is 17.2. The van der Waals surface area contributed by atoms with Gasteiger partial charge < -0.3 is 14.6 Å². The Hall–Kier alpha value is -2.98. The molecule has 1 aromatic carbocycles. The molecule has 3 heterocycles. The summed E-state index contributed by atoms with van der Waals surface area (Å²) in [6, 6.07) is 13.9. The highest BCUT2D eigenvalue weighted by atomic mass is 32.2. The first-order valence-corrected chi connectivity index (χ1v) is 14.3. The van der Waals surface area contributed by atoms with Gasteiger partial charge in [-0.1, -0.05) is 37.3 Å². The quantitative estimate of drug-likeness (QED) is 0.488. The second-order valence-corrected chi connectivity index (χ2v) is 12.2. The molecule has 0 spiro atoms. The molecule has 1 saturated heterocycles. The second kappa shape index (κ2) is 9.82. The van der Waals surface area contributed by atoms with Gasteiger partial charge in [0.1, 0.15) is 11.6 Å². The van der Waals surface area contributed by atoms with Crippen molar-refractivity contribution in [3.63, 3.8) is 0 Å². The van der Waals surface area contributed by atoms with Crippen molar-refractivity contribution in [2.75, 3.05) is 42.6 Å². The number of sulfonamides is 1. The third-order valence-corrected chi connectivity index (χ3v) is 8.62. The van der Waals surface area contributed by atoms with E-state index in [-0.39, 0.29) is 12.0 Å². The highest BCUT2D eigenvalue weighted by molar-refractivity contribution is 7.92. The van der Waals surface area contributed by atoms with E-state index in [1.54, 1.807) is 6.07 Å². The molecule has 0 amide bonds. The molecule has 5 rings (SSSR count). The predicted octanol–water partition coefficient (Wildman–Crippen LogP) is 3.83. The van der Waals surface area contributed by atoms with Crippen molar-refractivity contribution in [2.24, 2.45) is 11.8 Å². The Labute approximate surface area is 213 Å². The monoisotopic (exact) mass is 510 g/mol. The lowest BCUT2D eigenvalue weighted by Crippen LogP contribution is -2.33. The van der Waals surface area contributed by atoms with Gasteiger partial charge in [-0.2, -0.15) is 0 Å². The lowest BCUT2D eigenvalue weighted by atomic mass is 9.85. The van der Waals surface area contributed by atoms with Crippen LogP contribution in [0.25, 0.3) is 11.5 Å². The van der Waals surface area contributed by atoms with Crippen molar-refractivity contribution >= 4 is 21.7 Å². The number of benzene rings is 1. The number of aromatic nitrogens is 3. The number of anilines is 2. The number of hydrogen-bond acceptors (Lipinski definition) is 8. The van der Waals surface area contributed by atoms with Crippen molar-refractivity contribution in [1.29, 1.82) is 0 Å². The van der Waals surface area contributed by atoms with Crippen LogP contribution in [0.15, 0.2) is 46.9 Å². The van der Waals surface area contributed by atoms with Gasteiger partial charge in [0.2, 0.25) is 21.8 Å². The van der Waals surface area contributed by atoms with Crippen LogP contribution in [0.2, 0.25) is 0 Å². The van der Waals surface area contributed by atoms with E-state index in [0.717, 1.165) is 25.9 Å². The smallest absolute Gasteiger partial charge is 0.248 e. The maximum Gasteiger partial charge on any atom is 0.248 e. The van der Waals surface area contributed by atoms with Crippen LogP contribution in [-0.2, 0) is 10.0 Å². The average molecular weight is 511 g/mol. The average Bonchev–Trinajstić information content (AvgIpc) is 3.35. The fourth-order valence-electron chi connectivity index (χ4n) is 4.93. The largest absolute Gasteiger partial charge is 0.419 e. The molecule has 10 heteroatoms. The second-order valence-electron chi connectivity index (χ2n) is 10.2. The first kappa shape index (κ1) is 24.7. The summed E-state index contributed by atoms with van der Waals surface area (Å²) in [6.07, 6.45) is 4.48. The van der Waals surface area contributed by atoms with E-state index in [4.69, 9.17) is 4.42 Å². The summed E-state index contributed by atoms with van der Waals surface area (Å²) in [4.78, 5) is 6.72. The minimum absolute atomic E-state index is 0.0825. The number of hydrogen-bond donors (Lipinski definition) is 1. The lowest BCUT2D eigenvalue weighted by molar-refractivity contribution is 0.303. The highest BCUT2D eigenvalue weighted by Gasteiger charge is 2.34. The summed E-state index contributed by atoms with van der Waals surface area (Å²) >= 11 is 0. The zero-order chi connectivity index (χ0) is 25.4. The van der Waals surface area contributed by atoms with E-state index in [0.29, 0.717) is 40.8 Å². The van der Waals surface area contributed by atoms with E-state index in [2.05, 4.69) is 56.6 Å². The normalized spacial score (nSPS) is 23.9. The van der Waals surface area contributed by atoms with Crippen LogP contribution in [0, 0.1) is 11.8 Å². The van der Waals surface area contributed by atoms with Crippen LogP contribution >= 0.6 is 0 Å². The number of piperidine rings is 1. The lowest BCUT2D eigenvalue weighted by Gasteiger charge is -2.30. The molecule has 36 heavy (non-hydrogen) atoms. The van der Waals surface area contributed by atoms with Crippen molar-refractivity contribution in [3.05, 3.63) is 53.9 Å². The van der Waals surface area contributed by atoms with Crippen LogP contribution in [0.5, 0.6) is 0 Å². The number of pyridine rings is 1. The number of nitrogens with zero attached hydrogens (tertiary/aromatic N) is 5. The molecule has 2 aliphatic rings. The van der Waals surface area contributed by atoms with Gasteiger partial charge in [0, 0.05) is 32.1 Å². The molecule has 2 fully saturated rings. The summed E-state index contributed by atoms with van der Waals surface area (Å²) in [6.45, 7) is 3.99. The first-order valence-electron chi connectivity index (χ1n) is 12.5. The molecule has 1 aliphatic heterocycles. The Kier molecular flexibility index (Phi) is 6.74. The van der Waals surface area contributed by atoms with Gasteiger partial charge in [0.25, 0.3) is 0 Å². The number of nitrogens with one attached hydrogen (secondary N) is 1. The molecule has 1 aliphatic carbocycles. The Balaban J connectivity index is 1.48. The number of rotatable bonds is 8. The van der Waals surface area contributed by atoms with Crippen molar-refractivity contribution < 1.29 is 12.8 Å². The topological polar surface area (TPSA) is 104 Å². The van der Waals surface area contributed by atoms with Gasteiger partial charge in [-0.3, -0.25) is 4.31 Å². The van der Waals surface area contributed by atoms with Crippen LogP contribution in [0.4, 0.5) is 11.6 Å². The van der Waals surface area contributed by atoms with Gasteiger partial charge >= 0.3 is 0 Å². The standard InChI is InChI=1S/C26H34N6O3S/c1-17-13-20(17)16-31(2)22-14-19(15-23(28-22)32(3)36(4,33)34)25-29-30-26(35-25)24-21(11-8-12-27-24)18-9-6-5-7-10-18/h5-7,9-10,14-15,17,20-21,24,27H,8,11-13,16H2,1-4H3/t17-,20+,21+,24+/m1/s1. The summed E-state index contributed by atoms with van der Waals surface area (Å²) in [7, 11) is -0.00398. The maximum absolute atomic E-state index is 12.3. The molecular formula is C26H34N6O3S. The fourth-order valence-corrected chi connectivity index (χ4v) is 5.37. The fraction of sp³-hybridized carbons (Fsp3) is 0.500. The van der Waals surface area contributed by atoms with E-state index >= 15 is 0 Å². The SMILES string of the molecule is C[C@@H]1C[C@H]1CN(C)c1cc(-c2nnc([C@H]3NCCC[C@H]3c3ccccc3)o2)cc(N(C)S(C)(=O)=O)n1. The molecule has 4 atom stereocenters. The van der Waals surface area contributed by atoms with Crippen LogP contribution in [0.3, 0.4) is 0 Å². The summed E-state index contributed by atoms with van der Waals surface area (Å²) in [5.74, 6) is 3.44. The zero-order valence-corrected chi connectivity index (χ0v) is 22.1. The van der Waals surface area contributed by atoms with Gasteiger partial charge in [-0.05, 0) is 55.3 Å². The zero-order valence-electron chi connectivity index (χ0n) is 21.3. The van der Waals surface area contributed by atoms with E-state index in [1.165, 1.54) is 29.6 Å². The maximum atomic E-state index is 12.3. The van der Waals surface area contributed by atoms with Gasteiger partial charge in [0.05, 0.1) is 12.3 Å². The molecule has 1 N–H and O–H groups in total. The van der Waals surface area contributed by atoms with Crippen LogP contribution < -0.4 is 14.5 Å². The van der Waals surface area contributed by atoms with Gasteiger partial charge in [-0.15, -0.1) is 10.2 Å². The van der Waals surface area contributed by atoms with Gasteiger partial charge in [0.15, 0.2) is 0 Å². The molecule has 192 valence electrons. The van der Waals surface area contributed by atoms with E-state index < -0.39 is 10.0 Å². The minimum atomic E-state index is -3.49. The highest BCUT2D eigenvalue weighted by Crippen LogP contribution is 2.40. The van der Waals surface area contributed by atoms with Crippen LogP contribution in [0.1, 0.15) is 49.6 Å². The summed E-state index contributed by atoms with van der Waals surface area (Å²) in [5.41, 5.74) is 1.89. The molecule has 1 saturated carbocycles. The van der Waals surface area contributed by atoms with Gasteiger partial charge in [-0.25, -0.2) is 13.4 Å². The molecule has 2 aromatic heterocycles. The Bertz CT molecular complexity index is 1310. The Morgan fingerprint density at radius 3 is 2.53 bits per heavy atom. The van der Waals surface area contributed by atoms with Crippen molar-refractivity contribution in [2.45, 2.75) is 38.1 Å². The van der Waals surface area contributed by atoms with Crippen LogP contribution in [-0.4, -0.2) is 57.0 Å². The molecule has 0 bridgehead atoms. The van der Waals surface area contributed by atoms with E-state index in [1.807, 2.05) is 19.2 Å². The molecule has 0 unspecified atom stereocenters. The molecule has 9 nitrogen and oxygen atoms in total. The van der Waals surface area contributed by atoms with E-state index in [9.17, 15) is 8.42 Å². The van der Waals surface area contributed by atoms with Crippen molar-refractivity contribution in [3.8, 4) is 11.5 Å². The Morgan fingerprint density at radius 1 is 1.11 bits per heavy atom. The Morgan fingerprint density at radius 2 is 1.83 bits per heavy atom. The summed E-state index contributed by atoms with van der Waals surface area (Å²) in [5, 5.41) is 12.3. The molecule has 0 radical (unpaired) electrons. The molecular weight excluding hydrogens is 476 g/mol. The third kappa shape index (κ3) is 5.24. The van der Waals surface area contributed by atoms with Crippen molar-refractivity contribution in [1.82, 2.24) is 20.5 Å². The molecule has 3 aromatic rings.